The normalized spacial score (nSPS) is 10.5. The molecule has 1 aromatic heterocycles. The summed E-state index contributed by atoms with van der Waals surface area (Å²) in [6.07, 6.45) is 2.78. The molecule has 0 aliphatic heterocycles. The van der Waals surface area contributed by atoms with Gasteiger partial charge in [-0.3, -0.25) is 4.79 Å². The largest absolute Gasteiger partial charge is 0.342 e. The van der Waals surface area contributed by atoms with Crippen molar-refractivity contribution in [1.82, 2.24) is 4.57 Å². The molecule has 15 heavy (non-hydrogen) atoms. The molecule has 0 bridgehead atoms. The van der Waals surface area contributed by atoms with E-state index < -0.39 is 0 Å². The molecule has 0 aliphatic carbocycles. The second-order valence-corrected chi connectivity index (χ2v) is 3.93. The summed E-state index contributed by atoms with van der Waals surface area (Å²) in [6, 6.07) is 7.53. The zero-order valence-corrected chi connectivity index (χ0v) is 8.87. The van der Waals surface area contributed by atoms with Crippen LogP contribution in [0.3, 0.4) is 0 Å². The number of rotatable bonds is 3. The number of hydrogen-bond acceptors (Lipinski definition) is 1. The molecule has 0 aliphatic rings. The van der Waals surface area contributed by atoms with Crippen LogP contribution >= 0.6 is 11.6 Å². The molecule has 2 nitrogen and oxygen atoms in total. The standard InChI is InChI=1S/C12H10ClNO/c1-9(13)7-14-5-4-11-6-10(8-15)2-3-12(11)14/h2-6,8H,1,7H2. The highest BCUT2D eigenvalue weighted by Gasteiger charge is 2.02. The van der Waals surface area contributed by atoms with Gasteiger partial charge in [0.15, 0.2) is 0 Å². The van der Waals surface area contributed by atoms with Crippen LogP contribution in [0, 0.1) is 0 Å². The predicted octanol–water partition coefficient (Wildman–Crippen LogP) is 3.21. The monoisotopic (exact) mass is 219 g/mol. The van der Waals surface area contributed by atoms with Crippen molar-refractivity contribution in [2.24, 2.45) is 0 Å². The molecule has 0 N–H and O–H groups in total. The molecule has 0 atom stereocenters. The minimum absolute atomic E-state index is 0.589. The van der Waals surface area contributed by atoms with Crippen molar-refractivity contribution in [1.29, 1.82) is 0 Å². The Kier molecular flexibility index (Phi) is 2.60. The van der Waals surface area contributed by atoms with E-state index in [9.17, 15) is 4.79 Å². The lowest BCUT2D eigenvalue weighted by Crippen LogP contribution is -1.94. The fourth-order valence-electron chi connectivity index (χ4n) is 1.61. The van der Waals surface area contributed by atoms with Gasteiger partial charge in [0.05, 0.1) is 6.54 Å². The molecule has 3 heteroatoms. The van der Waals surface area contributed by atoms with Crippen molar-refractivity contribution in [3.05, 3.63) is 47.6 Å². The molecule has 0 spiro atoms. The van der Waals surface area contributed by atoms with E-state index in [-0.39, 0.29) is 0 Å². The summed E-state index contributed by atoms with van der Waals surface area (Å²) in [4.78, 5) is 10.6. The van der Waals surface area contributed by atoms with Crippen LogP contribution < -0.4 is 0 Å². The number of halogens is 1. The maximum atomic E-state index is 10.6. The fourth-order valence-corrected chi connectivity index (χ4v) is 1.74. The van der Waals surface area contributed by atoms with Crippen molar-refractivity contribution in [3.8, 4) is 0 Å². The molecule has 1 heterocycles. The highest BCUT2D eigenvalue weighted by atomic mass is 35.5. The van der Waals surface area contributed by atoms with Gasteiger partial charge >= 0.3 is 0 Å². The second-order valence-electron chi connectivity index (χ2n) is 3.40. The third-order valence-corrected chi connectivity index (χ3v) is 2.39. The van der Waals surface area contributed by atoms with E-state index in [2.05, 4.69) is 6.58 Å². The fraction of sp³-hybridized carbons (Fsp3) is 0.0833. The van der Waals surface area contributed by atoms with Gasteiger partial charge in [0, 0.05) is 27.7 Å². The van der Waals surface area contributed by atoms with E-state index in [1.807, 2.05) is 29.0 Å². The van der Waals surface area contributed by atoms with E-state index in [1.165, 1.54) is 0 Å². The van der Waals surface area contributed by atoms with Crippen LogP contribution in [0.15, 0.2) is 42.1 Å². The summed E-state index contributed by atoms with van der Waals surface area (Å²) in [5.41, 5.74) is 1.74. The van der Waals surface area contributed by atoms with Gasteiger partial charge in [-0.25, -0.2) is 0 Å². The van der Waals surface area contributed by atoms with E-state index >= 15 is 0 Å². The molecule has 0 amide bonds. The van der Waals surface area contributed by atoms with E-state index in [4.69, 9.17) is 11.6 Å². The van der Waals surface area contributed by atoms with E-state index in [0.29, 0.717) is 17.1 Å². The Morgan fingerprint density at radius 1 is 1.47 bits per heavy atom. The highest BCUT2D eigenvalue weighted by molar-refractivity contribution is 6.29. The van der Waals surface area contributed by atoms with Crippen LogP contribution in [-0.4, -0.2) is 10.9 Å². The molecule has 0 unspecified atom stereocenters. The van der Waals surface area contributed by atoms with E-state index in [1.54, 1.807) is 6.07 Å². The molecule has 2 rings (SSSR count). The molecule has 0 radical (unpaired) electrons. The van der Waals surface area contributed by atoms with Gasteiger partial charge in [0.2, 0.25) is 0 Å². The Hall–Kier alpha value is -1.54. The van der Waals surface area contributed by atoms with Crippen molar-refractivity contribution in [2.75, 3.05) is 0 Å². The summed E-state index contributed by atoms with van der Waals surface area (Å²) >= 11 is 5.76. The first-order valence-electron chi connectivity index (χ1n) is 4.58. The van der Waals surface area contributed by atoms with E-state index in [0.717, 1.165) is 17.2 Å². The maximum Gasteiger partial charge on any atom is 0.150 e. The molecule has 0 fully saturated rings. The SMILES string of the molecule is C=C(Cl)Cn1ccc2cc(C=O)ccc21. The van der Waals surface area contributed by atoms with Crippen LogP contribution in [-0.2, 0) is 6.54 Å². The van der Waals surface area contributed by atoms with Crippen LogP contribution in [0.5, 0.6) is 0 Å². The Morgan fingerprint density at radius 2 is 2.27 bits per heavy atom. The van der Waals surface area contributed by atoms with Crippen LogP contribution in [0.25, 0.3) is 10.9 Å². The molecule has 0 saturated heterocycles. The number of hydrogen-bond donors (Lipinski definition) is 0. The van der Waals surface area contributed by atoms with Gasteiger partial charge in [-0.2, -0.15) is 0 Å². The molecule has 1 aromatic carbocycles. The number of benzene rings is 1. The second kappa shape index (κ2) is 3.91. The molecular formula is C12H10ClNO. The average Bonchev–Trinajstić information content (AvgIpc) is 2.60. The Morgan fingerprint density at radius 3 is 2.93 bits per heavy atom. The summed E-state index contributed by atoms with van der Waals surface area (Å²) in [5.74, 6) is 0. The van der Waals surface area contributed by atoms with Gasteiger partial charge in [-0.05, 0) is 24.3 Å². The number of carbonyl (C=O) groups is 1. The lowest BCUT2D eigenvalue weighted by Gasteiger charge is -2.03. The van der Waals surface area contributed by atoms with Gasteiger partial charge in [-0.15, -0.1) is 0 Å². The van der Waals surface area contributed by atoms with Crippen LogP contribution in [0.4, 0.5) is 0 Å². The molecule has 2 aromatic rings. The lowest BCUT2D eigenvalue weighted by atomic mass is 10.2. The number of carbonyl (C=O) groups excluding carboxylic acids is 1. The van der Waals surface area contributed by atoms with Crippen molar-refractivity contribution >= 4 is 28.8 Å². The quantitative estimate of drug-likeness (QED) is 0.727. The average molecular weight is 220 g/mol. The Bertz CT molecular complexity index is 527. The summed E-state index contributed by atoms with van der Waals surface area (Å²) in [5, 5.41) is 1.63. The first-order chi connectivity index (χ1) is 7.20. The minimum atomic E-state index is 0.589. The number of aromatic nitrogens is 1. The van der Waals surface area contributed by atoms with Gasteiger partial charge in [0.1, 0.15) is 6.29 Å². The highest BCUT2D eigenvalue weighted by Crippen LogP contribution is 2.18. The number of fused-ring (bicyclic) bond motifs is 1. The lowest BCUT2D eigenvalue weighted by molar-refractivity contribution is 0.112. The van der Waals surface area contributed by atoms with Crippen molar-refractivity contribution in [3.63, 3.8) is 0 Å². The topological polar surface area (TPSA) is 22.0 Å². The maximum absolute atomic E-state index is 10.6. The van der Waals surface area contributed by atoms with Gasteiger partial charge in [-0.1, -0.05) is 18.2 Å². The van der Waals surface area contributed by atoms with Crippen molar-refractivity contribution in [2.45, 2.75) is 6.54 Å². The van der Waals surface area contributed by atoms with Gasteiger partial charge in [0.25, 0.3) is 0 Å². The zero-order valence-electron chi connectivity index (χ0n) is 8.11. The zero-order chi connectivity index (χ0) is 10.8. The number of nitrogens with zero attached hydrogens (tertiary/aromatic N) is 1. The third kappa shape index (κ3) is 1.95. The summed E-state index contributed by atoms with van der Waals surface area (Å²) in [6.45, 7) is 4.25. The third-order valence-electron chi connectivity index (χ3n) is 2.27. The molecular weight excluding hydrogens is 210 g/mol. The van der Waals surface area contributed by atoms with Gasteiger partial charge < -0.3 is 4.57 Å². The van der Waals surface area contributed by atoms with Crippen LogP contribution in [0.1, 0.15) is 10.4 Å². The number of allylic oxidation sites excluding steroid dienone is 1. The molecule has 76 valence electrons. The predicted molar refractivity (Wildman–Crippen MR) is 62.3 cm³/mol. The summed E-state index contributed by atoms with van der Waals surface area (Å²) in [7, 11) is 0. The Balaban J connectivity index is 2.51. The first-order valence-corrected chi connectivity index (χ1v) is 4.96. The Labute approximate surface area is 92.8 Å². The molecule has 0 saturated carbocycles. The first kappa shape index (κ1) is 9.99. The number of aldehydes is 1. The smallest absolute Gasteiger partial charge is 0.150 e. The van der Waals surface area contributed by atoms with Crippen LogP contribution in [0.2, 0.25) is 0 Å². The van der Waals surface area contributed by atoms with Crippen molar-refractivity contribution < 1.29 is 4.79 Å². The minimum Gasteiger partial charge on any atom is -0.342 e. The summed E-state index contributed by atoms with van der Waals surface area (Å²) < 4.78 is 2.00.